The van der Waals surface area contributed by atoms with Gasteiger partial charge in [0.15, 0.2) is 0 Å². The normalized spacial score (nSPS) is 21.7. The third-order valence-corrected chi connectivity index (χ3v) is 5.07. The Bertz CT molecular complexity index is 533. The van der Waals surface area contributed by atoms with E-state index < -0.39 is 0 Å². The molecule has 21 heavy (non-hydrogen) atoms. The molecule has 7 heteroatoms. The van der Waals surface area contributed by atoms with Crippen LogP contribution in [0.2, 0.25) is 0 Å². The van der Waals surface area contributed by atoms with E-state index in [1.165, 1.54) is 11.3 Å². The summed E-state index contributed by atoms with van der Waals surface area (Å²) in [4.78, 5) is 24.7. The highest BCUT2D eigenvalue weighted by molar-refractivity contribution is 7.09. The zero-order valence-corrected chi connectivity index (χ0v) is 14.2. The molecule has 0 atom stereocenters. The number of aryl methyl sites for hydroxylation is 1. The van der Waals surface area contributed by atoms with Gasteiger partial charge in [0.2, 0.25) is 5.91 Å². The lowest BCUT2D eigenvalue weighted by Crippen LogP contribution is -2.40. The average Bonchev–Trinajstić information content (AvgIpc) is 2.64. The number of aromatic nitrogens is 1. The van der Waals surface area contributed by atoms with Gasteiger partial charge in [-0.25, -0.2) is 0 Å². The average molecular weight is 334 g/mol. The van der Waals surface area contributed by atoms with E-state index in [0.717, 1.165) is 36.3 Å². The fourth-order valence-corrected chi connectivity index (χ4v) is 3.48. The second kappa shape index (κ2) is 7.96. The fourth-order valence-electron chi connectivity index (χ4n) is 2.62. The lowest BCUT2D eigenvalue weighted by Gasteiger charge is -2.26. The Morgan fingerprint density at radius 2 is 1.95 bits per heavy atom. The van der Waals surface area contributed by atoms with Crippen LogP contribution in [-0.4, -0.2) is 22.6 Å². The van der Waals surface area contributed by atoms with Crippen molar-refractivity contribution in [2.45, 2.75) is 64.6 Å². The minimum Gasteiger partial charge on any atom is -0.353 e. The SMILES string of the molecule is Cc1sc(=O)n(CCC(=O)NC2CCC(N)CC2)c1C.Cl. The molecule has 5 nitrogen and oxygen atoms in total. The summed E-state index contributed by atoms with van der Waals surface area (Å²) < 4.78 is 1.69. The second-order valence-electron chi connectivity index (χ2n) is 5.59. The van der Waals surface area contributed by atoms with Gasteiger partial charge in [-0.1, -0.05) is 11.3 Å². The molecule has 1 fully saturated rings. The van der Waals surface area contributed by atoms with Crippen LogP contribution in [0.1, 0.15) is 42.7 Å². The first kappa shape index (κ1) is 18.2. The molecule has 1 amide bonds. The molecular weight excluding hydrogens is 310 g/mol. The highest BCUT2D eigenvalue weighted by Crippen LogP contribution is 2.17. The summed E-state index contributed by atoms with van der Waals surface area (Å²) >= 11 is 1.25. The molecule has 1 heterocycles. The number of nitrogens with one attached hydrogen (secondary N) is 1. The van der Waals surface area contributed by atoms with Crippen LogP contribution < -0.4 is 15.9 Å². The lowest BCUT2D eigenvalue weighted by molar-refractivity contribution is -0.122. The molecule has 3 N–H and O–H groups in total. The topological polar surface area (TPSA) is 77.1 Å². The maximum Gasteiger partial charge on any atom is 0.307 e. The van der Waals surface area contributed by atoms with Gasteiger partial charge in [0, 0.05) is 35.6 Å². The molecule has 1 aliphatic rings. The quantitative estimate of drug-likeness (QED) is 0.880. The summed E-state index contributed by atoms with van der Waals surface area (Å²) in [5.41, 5.74) is 6.82. The van der Waals surface area contributed by atoms with E-state index in [0.29, 0.717) is 13.0 Å². The fraction of sp³-hybridized carbons (Fsp3) is 0.714. The highest BCUT2D eigenvalue weighted by Gasteiger charge is 2.20. The predicted octanol–water partition coefficient (Wildman–Crippen LogP) is 1.72. The minimum atomic E-state index is 0. The van der Waals surface area contributed by atoms with Gasteiger partial charge >= 0.3 is 4.87 Å². The van der Waals surface area contributed by atoms with Gasteiger partial charge in [0.25, 0.3) is 0 Å². The van der Waals surface area contributed by atoms with Crippen LogP contribution >= 0.6 is 23.7 Å². The molecule has 0 unspecified atom stereocenters. The van der Waals surface area contributed by atoms with Crippen molar-refractivity contribution in [2.75, 3.05) is 0 Å². The van der Waals surface area contributed by atoms with Gasteiger partial charge in [-0.15, -0.1) is 12.4 Å². The third-order valence-electron chi connectivity index (χ3n) is 4.07. The summed E-state index contributed by atoms with van der Waals surface area (Å²) in [5.74, 6) is 0.0284. The molecule has 1 aliphatic carbocycles. The number of hydrogen-bond donors (Lipinski definition) is 2. The number of carbonyl (C=O) groups excluding carboxylic acids is 1. The van der Waals surface area contributed by atoms with Gasteiger partial charge in [-0.2, -0.15) is 0 Å². The molecule has 1 aromatic rings. The minimum absolute atomic E-state index is 0. The van der Waals surface area contributed by atoms with E-state index in [2.05, 4.69) is 5.32 Å². The molecule has 1 aromatic heterocycles. The van der Waals surface area contributed by atoms with Crippen LogP contribution in [0, 0.1) is 13.8 Å². The Hall–Kier alpha value is -0.850. The Morgan fingerprint density at radius 3 is 2.48 bits per heavy atom. The van der Waals surface area contributed by atoms with E-state index in [9.17, 15) is 9.59 Å². The van der Waals surface area contributed by atoms with Crippen molar-refractivity contribution in [3.8, 4) is 0 Å². The molecule has 0 aromatic carbocycles. The van der Waals surface area contributed by atoms with Crippen molar-refractivity contribution in [1.82, 2.24) is 9.88 Å². The van der Waals surface area contributed by atoms with Crippen molar-refractivity contribution in [2.24, 2.45) is 5.73 Å². The van der Waals surface area contributed by atoms with Crippen LogP contribution in [-0.2, 0) is 11.3 Å². The molecule has 1 saturated carbocycles. The van der Waals surface area contributed by atoms with Crippen molar-refractivity contribution < 1.29 is 4.79 Å². The molecular formula is C14H24ClN3O2S. The van der Waals surface area contributed by atoms with Crippen LogP contribution in [0.4, 0.5) is 0 Å². The van der Waals surface area contributed by atoms with Crippen LogP contribution in [0.15, 0.2) is 4.79 Å². The number of rotatable bonds is 4. The van der Waals surface area contributed by atoms with Gasteiger partial charge in [-0.3, -0.25) is 9.59 Å². The molecule has 120 valence electrons. The van der Waals surface area contributed by atoms with Crippen molar-refractivity contribution in [3.63, 3.8) is 0 Å². The lowest BCUT2D eigenvalue weighted by atomic mass is 9.92. The standard InChI is InChI=1S/C14H23N3O2S.ClH/c1-9-10(2)20-14(19)17(9)8-7-13(18)16-12-5-3-11(15)4-6-12;/h11-12H,3-8,15H2,1-2H3,(H,16,18);1H. The Morgan fingerprint density at radius 1 is 1.33 bits per heavy atom. The Kier molecular flexibility index (Phi) is 6.90. The molecule has 0 saturated heterocycles. The second-order valence-corrected chi connectivity index (χ2v) is 6.76. The van der Waals surface area contributed by atoms with Crippen LogP contribution in [0.3, 0.4) is 0 Å². The highest BCUT2D eigenvalue weighted by atomic mass is 35.5. The molecule has 0 bridgehead atoms. The summed E-state index contributed by atoms with van der Waals surface area (Å²) in [6.07, 6.45) is 4.24. The molecule has 0 spiro atoms. The zero-order valence-electron chi connectivity index (χ0n) is 12.6. The zero-order chi connectivity index (χ0) is 14.7. The maximum atomic E-state index is 11.9. The molecule has 0 aliphatic heterocycles. The Balaban J connectivity index is 0.00000220. The van der Waals surface area contributed by atoms with E-state index in [1.54, 1.807) is 4.57 Å². The number of carbonyl (C=O) groups is 1. The number of hydrogen-bond acceptors (Lipinski definition) is 4. The van der Waals surface area contributed by atoms with Crippen molar-refractivity contribution in [1.29, 1.82) is 0 Å². The maximum absolute atomic E-state index is 11.9. The van der Waals surface area contributed by atoms with E-state index >= 15 is 0 Å². The first-order chi connectivity index (χ1) is 9.47. The summed E-state index contributed by atoms with van der Waals surface area (Å²) in [5, 5.41) is 3.05. The largest absolute Gasteiger partial charge is 0.353 e. The first-order valence-electron chi connectivity index (χ1n) is 7.19. The van der Waals surface area contributed by atoms with Gasteiger partial charge in [0.05, 0.1) is 0 Å². The number of halogens is 1. The van der Waals surface area contributed by atoms with E-state index in [4.69, 9.17) is 5.73 Å². The summed E-state index contributed by atoms with van der Waals surface area (Å²) in [7, 11) is 0. The number of nitrogens with two attached hydrogens (primary N) is 1. The predicted molar refractivity (Wildman–Crippen MR) is 88.3 cm³/mol. The van der Waals surface area contributed by atoms with E-state index in [-0.39, 0.29) is 35.3 Å². The summed E-state index contributed by atoms with van der Waals surface area (Å²) in [6, 6.07) is 0.544. The van der Waals surface area contributed by atoms with Gasteiger partial charge in [-0.05, 0) is 39.5 Å². The Labute approximate surface area is 135 Å². The van der Waals surface area contributed by atoms with Crippen LogP contribution in [0.5, 0.6) is 0 Å². The number of nitrogens with zero attached hydrogens (tertiary/aromatic N) is 1. The van der Waals surface area contributed by atoms with Gasteiger partial charge in [0.1, 0.15) is 0 Å². The number of amides is 1. The smallest absolute Gasteiger partial charge is 0.307 e. The number of thiazole rings is 1. The van der Waals surface area contributed by atoms with Crippen LogP contribution in [0.25, 0.3) is 0 Å². The summed E-state index contributed by atoms with van der Waals surface area (Å²) in [6.45, 7) is 4.32. The van der Waals surface area contributed by atoms with Crippen molar-refractivity contribution >= 4 is 29.7 Å². The van der Waals surface area contributed by atoms with E-state index in [1.807, 2.05) is 13.8 Å². The monoisotopic (exact) mass is 333 g/mol. The van der Waals surface area contributed by atoms with Gasteiger partial charge < -0.3 is 15.6 Å². The van der Waals surface area contributed by atoms with Crippen molar-refractivity contribution in [3.05, 3.63) is 20.2 Å². The molecule has 2 rings (SSSR count). The first-order valence-corrected chi connectivity index (χ1v) is 8.00. The third kappa shape index (κ3) is 4.83. The molecule has 0 radical (unpaired) electrons.